The zero-order chi connectivity index (χ0) is 13.4. The number of hydrogen-bond donors (Lipinski definition) is 1. The van der Waals surface area contributed by atoms with Crippen LogP contribution in [0.15, 0.2) is 0 Å². The third-order valence-electron chi connectivity index (χ3n) is 3.65. The molecule has 3 atom stereocenters. The molecule has 18 heavy (non-hydrogen) atoms. The summed E-state index contributed by atoms with van der Waals surface area (Å²) in [6.07, 6.45) is 6.68. The van der Waals surface area contributed by atoms with Gasteiger partial charge in [0.25, 0.3) is 0 Å². The van der Waals surface area contributed by atoms with Crippen LogP contribution in [0.5, 0.6) is 0 Å². The lowest BCUT2D eigenvalue weighted by molar-refractivity contribution is 0.0235. The summed E-state index contributed by atoms with van der Waals surface area (Å²) in [5, 5.41) is 3.45. The standard InChI is InChI=1S/C14H30N2OS/c1-5-8-15-9-13-6-7-14(17-13)10-16(3)12(2)11-18-4/h12-15H,5-11H2,1-4H3. The van der Waals surface area contributed by atoms with E-state index in [9.17, 15) is 0 Å². The van der Waals surface area contributed by atoms with Gasteiger partial charge in [0.2, 0.25) is 0 Å². The van der Waals surface area contributed by atoms with Crippen molar-refractivity contribution in [2.24, 2.45) is 0 Å². The van der Waals surface area contributed by atoms with Crippen molar-refractivity contribution < 1.29 is 4.74 Å². The smallest absolute Gasteiger partial charge is 0.0707 e. The van der Waals surface area contributed by atoms with E-state index in [1.807, 2.05) is 11.8 Å². The van der Waals surface area contributed by atoms with Crippen molar-refractivity contribution in [3.05, 3.63) is 0 Å². The highest BCUT2D eigenvalue weighted by molar-refractivity contribution is 7.98. The van der Waals surface area contributed by atoms with Crippen LogP contribution in [0, 0.1) is 0 Å². The number of likely N-dealkylation sites (N-methyl/N-ethyl adjacent to an activating group) is 1. The van der Waals surface area contributed by atoms with Crippen LogP contribution >= 0.6 is 11.8 Å². The lowest BCUT2D eigenvalue weighted by Crippen LogP contribution is -2.38. The van der Waals surface area contributed by atoms with Gasteiger partial charge in [-0.25, -0.2) is 0 Å². The summed E-state index contributed by atoms with van der Waals surface area (Å²) in [7, 11) is 2.22. The van der Waals surface area contributed by atoms with Crippen LogP contribution in [0.2, 0.25) is 0 Å². The van der Waals surface area contributed by atoms with Gasteiger partial charge in [0.05, 0.1) is 12.2 Å². The van der Waals surface area contributed by atoms with E-state index < -0.39 is 0 Å². The van der Waals surface area contributed by atoms with Crippen molar-refractivity contribution in [3.63, 3.8) is 0 Å². The van der Waals surface area contributed by atoms with E-state index in [1.54, 1.807) is 0 Å². The summed E-state index contributed by atoms with van der Waals surface area (Å²) in [4.78, 5) is 2.43. The van der Waals surface area contributed by atoms with Crippen LogP contribution in [0.1, 0.15) is 33.1 Å². The van der Waals surface area contributed by atoms with Gasteiger partial charge in [0.1, 0.15) is 0 Å². The molecule has 0 amide bonds. The molecule has 0 spiro atoms. The van der Waals surface area contributed by atoms with Crippen LogP contribution in [0.3, 0.4) is 0 Å². The van der Waals surface area contributed by atoms with Crippen LogP contribution < -0.4 is 5.32 Å². The second kappa shape index (κ2) is 9.18. The minimum Gasteiger partial charge on any atom is -0.372 e. The lowest BCUT2D eigenvalue weighted by atomic mass is 10.2. The predicted molar refractivity (Wildman–Crippen MR) is 81.5 cm³/mol. The number of thioether (sulfide) groups is 1. The molecule has 1 aliphatic heterocycles. The first-order valence-electron chi connectivity index (χ1n) is 7.22. The van der Waals surface area contributed by atoms with E-state index in [2.05, 4.69) is 37.4 Å². The molecule has 1 aliphatic rings. The van der Waals surface area contributed by atoms with Gasteiger partial charge in [-0.15, -0.1) is 0 Å². The molecule has 1 N–H and O–H groups in total. The molecule has 0 aliphatic carbocycles. The van der Waals surface area contributed by atoms with Crippen LogP contribution in [-0.4, -0.2) is 61.8 Å². The highest BCUT2D eigenvalue weighted by atomic mass is 32.2. The van der Waals surface area contributed by atoms with Gasteiger partial charge in [-0.2, -0.15) is 11.8 Å². The maximum absolute atomic E-state index is 6.10. The Hall–Kier alpha value is 0.230. The Bertz CT molecular complexity index is 216. The molecule has 1 fully saturated rings. The summed E-state index contributed by atoms with van der Waals surface area (Å²) in [5.41, 5.74) is 0. The molecular formula is C14H30N2OS. The molecular weight excluding hydrogens is 244 g/mol. The Labute approximate surface area is 117 Å². The third-order valence-corrected chi connectivity index (χ3v) is 4.46. The Morgan fingerprint density at radius 1 is 1.39 bits per heavy atom. The van der Waals surface area contributed by atoms with Crippen LogP contribution in [-0.2, 0) is 4.74 Å². The SMILES string of the molecule is CCCNCC1CCC(CN(C)C(C)CSC)O1. The van der Waals surface area contributed by atoms with Crippen LogP contribution in [0.25, 0.3) is 0 Å². The molecule has 4 heteroatoms. The highest BCUT2D eigenvalue weighted by Crippen LogP contribution is 2.20. The van der Waals surface area contributed by atoms with Crippen molar-refractivity contribution in [3.8, 4) is 0 Å². The molecule has 0 aromatic carbocycles. The third kappa shape index (κ3) is 5.91. The maximum Gasteiger partial charge on any atom is 0.0707 e. The quantitative estimate of drug-likeness (QED) is 0.652. The fourth-order valence-corrected chi connectivity index (χ4v) is 3.11. The topological polar surface area (TPSA) is 24.5 Å². The number of rotatable bonds is 9. The first-order chi connectivity index (χ1) is 8.67. The number of nitrogens with one attached hydrogen (secondary N) is 1. The molecule has 3 nitrogen and oxygen atoms in total. The van der Waals surface area contributed by atoms with Gasteiger partial charge in [-0.05, 0) is 46.0 Å². The number of nitrogens with zero attached hydrogens (tertiary/aromatic N) is 1. The van der Waals surface area contributed by atoms with Crippen molar-refractivity contribution >= 4 is 11.8 Å². The van der Waals surface area contributed by atoms with E-state index in [0.717, 1.165) is 19.6 Å². The second-order valence-electron chi connectivity index (χ2n) is 5.41. The van der Waals surface area contributed by atoms with Gasteiger partial charge in [-0.1, -0.05) is 6.92 Å². The van der Waals surface area contributed by atoms with Crippen molar-refractivity contribution in [2.45, 2.75) is 51.4 Å². The Morgan fingerprint density at radius 2 is 2.11 bits per heavy atom. The summed E-state index contributed by atoms with van der Waals surface area (Å²) in [5.74, 6) is 1.20. The minimum atomic E-state index is 0.436. The molecule has 0 saturated carbocycles. The van der Waals surface area contributed by atoms with Crippen molar-refractivity contribution in [1.29, 1.82) is 0 Å². The fourth-order valence-electron chi connectivity index (χ4n) is 2.37. The Morgan fingerprint density at radius 3 is 2.78 bits per heavy atom. The molecule has 3 unspecified atom stereocenters. The molecule has 108 valence electrons. The van der Waals surface area contributed by atoms with E-state index in [0.29, 0.717) is 18.2 Å². The zero-order valence-corrected chi connectivity index (χ0v) is 13.3. The van der Waals surface area contributed by atoms with E-state index in [-0.39, 0.29) is 0 Å². The zero-order valence-electron chi connectivity index (χ0n) is 12.4. The Balaban J connectivity index is 2.17. The van der Waals surface area contributed by atoms with E-state index in [1.165, 1.54) is 25.0 Å². The van der Waals surface area contributed by atoms with E-state index >= 15 is 0 Å². The molecule has 1 saturated heterocycles. The monoisotopic (exact) mass is 274 g/mol. The minimum absolute atomic E-state index is 0.436. The van der Waals surface area contributed by atoms with Gasteiger partial charge < -0.3 is 15.0 Å². The molecule has 0 radical (unpaired) electrons. The normalized spacial score (nSPS) is 25.8. The van der Waals surface area contributed by atoms with Crippen LogP contribution in [0.4, 0.5) is 0 Å². The number of hydrogen-bond acceptors (Lipinski definition) is 4. The summed E-state index contributed by atoms with van der Waals surface area (Å²) in [6.45, 7) is 7.70. The Kier molecular flexibility index (Phi) is 8.31. The molecule has 0 aromatic heterocycles. The predicted octanol–water partition coefficient (Wildman–Crippen LogP) is 2.22. The first-order valence-corrected chi connectivity index (χ1v) is 8.62. The average Bonchev–Trinajstić information content (AvgIpc) is 2.77. The molecule has 0 bridgehead atoms. The van der Waals surface area contributed by atoms with E-state index in [4.69, 9.17) is 4.74 Å². The molecule has 1 heterocycles. The van der Waals surface area contributed by atoms with Crippen molar-refractivity contribution in [1.82, 2.24) is 10.2 Å². The van der Waals surface area contributed by atoms with Gasteiger partial charge >= 0.3 is 0 Å². The van der Waals surface area contributed by atoms with Gasteiger partial charge in [-0.3, -0.25) is 0 Å². The summed E-state index contributed by atoms with van der Waals surface area (Å²) >= 11 is 1.92. The highest BCUT2D eigenvalue weighted by Gasteiger charge is 2.26. The molecule has 1 rings (SSSR count). The molecule has 0 aromatic rings. The van der Waals surface area contributed by atoms with Gasteiger partial charge in [0, 0.05) is 24.9 Å². The summed E-state index contributed by atoms with van der Waals surface area (Å²) in [6, 6.07) is 0.640. The summed E-state index contributed by atoms with van der Waals surface area (Å²) < 4.78 is 6.10. The fraction of sp³-hybridized carbons (Fsp3) is 1.00. The largest absolute Gasteiger partial charge is 0.372 e. The average molecular weight is 274 g/mol. The maximum atomic E-state index is 6.10. The first kappa shape index (κ1) is 16.3. The van der Waals surface area contributed by atoms with Crippen molar-refractivity contribution in [2.75, 3.05) is 38.7 Å². The number of ether oxygens (including phenoxy) is 1. The lowest BCUT2D eigenvalue weighted by Gasteiger charge is -2.27. The second-order valence-corrected chi connectivity index (χ2v) is 6.32. The van der Waals surface area contributed by atoms with Gasteiger partial charge in [0.15, 0.2) is 0 Å².